The van der Waals surface area contributed by atoms with E-state index >= 15 is 0 Å². The van der Waals surface area contributed by atoms with Crippen LogP contribution in [0.1, 0.15) is 112 Å². The number of hydrogen-bond acceptors (Lipinski definition) is 8. The first-order valence-corrected chi connectivity index (χ1v) is 20.7. The molecule has 4 amide bonds. The molecule has 0 bridgehead atoms. The number of ether oxygens (including phenoxy) is 2. The van der Waals surface area contributed by atoms with Crippen molar-refractivity contribution < 1.29 is 28.7 Å². The number of carbonyl (C=O) groups excluding carboxylic acids is 4. The Balaban J connectivity index is 0.00000105. The zero-order chi connectivity index (χ0) is 40.7. The Morgan fingerprint density at radius 3 is 2.26 bits per heavy atom. The van der Waals surface area contributed by atoms with Gasteiger partial charge in [0.1, 0.15) is 17.7 Å². The Morgan fingerprint density at radius 2 is 1.53 bits per heavy atom. The topological polar surface area (TPSA) is 183 Å². The summed E-state index contributed by atoms with van der Waals surface area (Å²) in [5, 5.41) is 7.94. The van der Waals surface area contributed by atoms with E-state index in [1.54, 1.807) is 6.20 Å². The number of hydrogen-bond donors (Lipinski definition) is 5. The lowest BCUT2D eigenvalue weighted by molar-refractivity contribution is -0.135. The third-order valence-electron chi connectivity index (χ3n) is 11.1. The molecule has 2 atom stereocenters. The summed E-state index contributed by atoms with van der Waals surface area (Å²) in [6, 6.07) is 13.1. The maximum absolute atomic E-state index is 13.8. The van der Waals surface area contributed by atoms with Crippen molar-refractivity contribution in [2.75, 3.05) is 33.9 Å². The van der Waals surface area contributed by atoms with E-state index in [1.807, 2.05) is 47.4 Å². The zero-order valence-corrected chi connectivity index (χ0v) is 33.7. The Kier molecular flexibility index (Phi) is 15.2. The third-order valence-corrected chi connectivity index (χ3v) is 11.1. The molecule has 2 unspecified atom stereocenters. The molecule has 2 aliphatic carbocycles. The highest BCUT2D eigenvalue weighted by atomic mass is 16.5. The molecular weight excluding hydrogens is 737 g/mol. The number of aromatic nitrogens is 4. The van der Waals surface area contributed by atoms with Crippen LogP contribution in [0.25, 0.3) is 22.3 Å². The first-order valence-electron chi connectivity index (χ1n) is 20.7. The molecule has 3 fully saturated rings. The van der Waals surface area contributed by atoms with Crippen molar-refractivity contribution in [3.63, 3.8) is 0 Å². The minimum atomic E-state index is -0.639. The summed E-state index contributed by atoms with van der Waals surface area (Å²) in [7, 11) is 2.57. The van der Waals surface area contributed by atoms with Gasteiger partial charge in [0, 0.05) is 30.6 Å². The highest BCUT2D eigenvalue weighted by molar-refractivity contribution is 5.86. The number of benzene rings is 2. The summed E-state index contributed by atoms with van der Waals surface area (Å²) in [6.45, 7) is 1.01. The molecule has 2 aromatic heterocycles. The lowest BCUT2D eigenvalue weighted by atomic mass is 9.96. The Morgan fingerprint density at radius 1 is 0.828 bits per heavy atom. The van der Waals surface area contributed by atoms with Gasteiger partial charge in [0.25, 0.3) is 0 Å². The normalized spacial score (nSPS) is 16.8. The van der Waals surface area contributed by atoms with Crippen molar-refractivity contribution in [1.29, 1.82) is 0 Å². The fourth-order valence-corrected chi connectivity index (χ4v) is 7.96. The van der Waals surface area contributed by atoms with E-state index in [1.165, 1.54) is 46.3 Å². The van der Waals surface area contributed by atoms with E-state index in [2.05, 4.69) is 52.5 Å². The number of aryl methyl sites for hydroxylation is 1. The van der Waals surface area contributed by atoms with E-state index < -0.39 is 18.2 Å². The number of fused-ring (bicyclic) bond motifs is 1. The van der Waals surface area contributed by atoms with Crippen LogP contribution in [-0.4, -0.2) is 88.7 Å². The molecule has 0 radical (unpaired) electrons. The maximum Gasteiger partial charge on any atom is 0.407 e. The lowest BCUT2D eigenvalue weighted by Crippen LogP contribution is -2.51. The highest BCUT2D eigenvalue weighted by Crippen LogP contribution is 2.35. The molecule has 1 aliphatic heterocycles. The predicted octanol–water partition coefficient (Wildman–Crippen LogP) is 6.68. The number of rotatable bonds is 12. The number of carbonyl (C=O) groups is 4. The van der Waals surface area contributed by atoms with Gasteiger partial charge >= 0.3 is 12.2 Å². The number of likely N-dealkylation sites (tertiary alicyclic amines) is 1. The average Bonchev–Trinajstić information content (AvgIpc) is 4.10. The molecule has 0 spiro atoms. The summed E-state index contributed by atoms with van der Waals surface area (Å²) >= 11 is 0. The van der Waals surface area contributed by atoms with Gasteiger partial charge in [-0.05, 0) is 80.3 Å². The van der Waals surface area contributed by atoms with Crippen LogP contribution in [0.5, 0.6) is 0 Å². The van der Waals surface area contributed by atoms with E-state index in [9.17, 15) is 19.2 Å². The molecule has 14 nitrogen and oxygen atoms in total. The van der Waals surface area contributed by atoms with Gasteiger partial charge in [0.15, 0.2) is 0 Å². The average molecular weight is 793 g/mol. The van der Waals surface area contributed by atoms with Crippen LogP contribution in [0.3, 0.4) is 0 Å². The number of aromatic amines is 2. The van der Waals surface area contributed by atoms with Crippen LogP contribution in [0, 0.1) is 17.8 Å². The molecule has 1 saturated heterocycles. The van der Waals surface area contributed by atoms with E-state index in [0.717, 1.165) is 103 Å². The number of imidazole rings is 2. The molecule has 2 saturated carbocycles. The van der Waals surface area contributed by atoms with Gasteiger partial charge in [-0.2, -0.15) is 0 Å². The van der Waals surface area contributed by atoms with Crippen LogP contribution in [0.4, 0.5) is 9.59 Å². The molecule has 308 valence electrons. The van der Waals surface area contributed by atoms with Crippen LogP contribution in [0.15, 0.2) is 48.7 Å². The highest BCUT2D eigenvalue weighted by Gasteiger charge is 2.40. The monoisotopic (exact) mass is 792 g/mol. The second-order valence-electron chi connectivity index (χ2n) is 15.2. The molecule has 58 heavy (non-hydrogen) atoms. The smallest absolute Gasteiger partial charge is 0.407 e. The first kappa shape index (κ1) is 41.8. The predicted molar refractivity (Wildman–Crippen MR) is 221 cm³/mol. The molecule has 5 N–H and O–H groups in total. The fourth-order valence-electron chi connectivity index (χ4n) is 7.96. The van der Waals surface area contributed by atoms with Crippen molar-refractivity contribution in [2.45, 2.75) is 102 Å². The zero-order valence-electron chi connectivity index (χ0n) is 33.7. The van der Waals surface area contributed by atoms with Crippen molar-refractivity contribution in [2.24, 2.45) is 5.92 Å². The quantitative estimate of drug-likeness (QED) is 0.0778. The third kappa shape index (κ3) is 11.6. The van der Waals surface area contributed by atoms with Gasteiger partial charge in [-0.1, -0.05) is 68.9 Å². The molecule has 2 aromatic carbocycles. The second kappa shape index (κ2) is 21.1. The van der Waals surface area contributed by atoms with Crippen molar-refractivity contribution in [1.82, 2.24) is 40.8 Å². The SMILES string of the molecule is C1CCCC1.COC(=O)NCC(=O)NCCCCc1nc2ccc(C#Cc3ccc(-c4cnc(C5CCCN5C(=O)C(NC(=O)OC)C5CCCC5)[nH]4)cc3)cc2[nH]1. The summed E-state index contributed by atoms with van der Waals surface area (Å²) in [5.41, 5.74) is 5.34. The number of nitrogens with zero attached hydrogens (tertiary/aromatic N) is 3. The number of methoxy groups -OCH3 is 2. The van der Waals surface area contributed by atoms with Gasteiger partial charge in [0.2, 0.25) is 11.8 Å². The number of unbranched alkanes of at least 4 members (excludes halogenated alkanes) is 1. The molecular formula is C44H56N8O6. The van der Waals surface area contributed by atoms with Crippen LogP contribution in [-0.2, 0) is 25.5 Å². The summed E-state index contributed by atoms with van der Waals surface area (Å²) in [6.07, 6.45) is 16.1. The maximum atomic E-state index is 13.8. The van der Waals surface area contributed by atoms with Crippen LogP contribution < -0.4 is 16.0 Å². The van der Waals surface area contributed by atoms with Crippen LogP contribution >= 0.6 is 0 Å². The van der Waals surface area contributed by atoms with Gasteiger partial charge in [-0.15, -0.1) is 0 Å². The van der Waals surface area contributed by atoms with Crippen molar-refractivity contribution >= 4 is 35.0 Å². The van der Waals surface area contributed by atoms with Gasteiger partial charge in [0.05, 0.1) is 49.7 Å². The van der Waals surface area contributed by atoms with E-state index in [0.29, 0.717) is 13.1 Å². The Hall–Kier alpha value is -5.84. The number of alkyl carbamates (subject to hydrolysis) is 2. The Labute approximate surface area is 340 Å². The second-order valence-corrected chi connectivity index (χ2v) is 15.2. The summed E-state index contributed by atoms with van der Waals surface area (Å²) < 4.78 is 9.29. The minimum Gasteiger partial charge on any atom is -0.453 e. The largest absolute Gasteiger partial charge is 0.453 e. The number of nitrogens with one attached hydrogen (secondary N) is 5. The molecule has 4 aromatic rings. The number of H-pyrrole nitrogens is 2. The standard InChI is InChI=1S/C39H46N8O6.C5H10/c1-52-38(50)42-24-34(48)40-20-6-5-11-33-43-29-19-16-26(22-30(29)44-33)13-12-25-14-17-27(18-15-25)31-23-41-36(45-31)32-10-7-21-47(32)37(49)35(46-39(51)53-2)28-8-3-4-9-28;1-2-4-5-3-1/h14-19,22-23,28,32,35H,3-11,20-21,24H2,1-2H3,(H,40,48)(H,41,45)(H,42,50)(H,43,44)(H,46,51);1-5H2. The first-order chi connectivity index (χ1) is 28.3. The van der Waals surface area contributed by atoms with Crippen molar-refractivity contribution in [3.8, 4) is 23.1 Å². The minimum absolute atomic E-state index is 0.0681. The summed E-state index contributed by atoms with van der Waals surface area (Å²) in [5.74, 6) is 7.89. The summed E-state index contributed by atoms with van der Waals surface area (Å²) in [4.78, 5) is 66.8. The van der Waals surface area contributed by atoms with Gasteiger partial charge in [-0.25, -0.2) is 19.6 Å². The molecule has 3 heterocycles. The van der Waals surface area contributed by atoms with E-state index in [-0.39, 0.29) is 30.3 Å². The molecule has 3 aliphatic rings. The molecule has 7 rings (SSSR count). The van der Waals surface area contributed by atoms with Crippen LogP contribution in [0.2, 0.25) is 0 Å². The van der Waals surface area contributed by atoms with Gasteiger partial charge in [-0.3, -0.25) is 9.59 Å². The van der Waals surface area contributed by atoms with Crippen molar-refractivity contribution in [3.05, 3.63) is 71.4 Å². The van der Waals surface area contributed by atoms with Gasteiger partial charge < -0.3 is 40.3 Å². The van der Waals surface area contributed by atoms with E-state index in [4.69, 9.17) is 4.74 Å². The lowest BCUT2D eigenvalue weighted by Gasteiger charge is -2.31. The Bertz CT molecular complexity index is 2050. The number of amides is 4. The fraction of sp³-hybridized carbons (Fsp3) is 0.500. The molecule has 14 heteroatoms.